The zero-order valence-electron chi connectivity index (χ0n) is 91.8. The van der Waals surface area contributed by atoms with Crippen LogP contribution in [0.3, 0.4) is 0 Å². The Balaban J connectivity index is 0.865. The lowest BCUT2D eigenvalue weighted by Gasteiger charge is -2.44. The minimum Gasteiger partial charge on any atom is -0.452 e. The molecule has 0 spiro atoms. The molecule has 0 atom stereocenters. The van der Waals surface area contributed by atoms with Crippen LogP contribution in [0.5, 0.6) is 0 Å². The zero-order chi connectivity index (χ0) is 102. The van der Waals surface area contributed by atoms with Crippen LogP contribution in [-0.4, -0.2) is 25.0 Å². The summed E-state index contributed by atoms with van der Waals surface area (Å²) in [6.45, 7) is 39.9. The van der Waals surface area contributed by atoms with E-state index < -0.39 is 103 Å². The van der Waals surface area contributed by atoms with Gasteiger partial charge < -0.3 is 36.9 Å². The Kier molecular flexibility index (Phi) is 13.3. The van der Waals surface area contributed by atoms with E-state index in [9.17, 15) is 16.4 Å². The number of nitrogens with zero attached hydrogens (tertiary/aromatic N) is 6. The van der Waals surface area contributed by atoms with Gasteiger partial charge in [0.25, 0.3) is 6.71 Å². The van der Waals surface area contributed by atoms with Gasteiger partial charge in [-0.1, -0.05) is 300 Å². The molecule has 0 bridgehead atoms. The van der Waals surface area contributed by atoms with E-state index in [0.29, 0.717) is 44.1 Å². The second kappa shape index (κ2) is 27.3. The summed E-state index contributed by atoms with van der Waals surface area (Å²) in [5.41, 5.74) is 21.7. The molecule has 129 heavy (non-hydrogen) atoms. The quantitative estimate of drug-likeness (QED) is 0.149. The van der Waals surface area contributed by atoms with E-state index in [1.165, 1.54) is 31.4 Å². The normalized spacial score (nSPS) is 15.3. The first-order chi connectivity index (χ1) is 68.4. The Hall–Kier alpha value is -14.0. The van der Waals surface area contributed by atoms with Crippen LogP contribution in [0.2, 0.25) is 0 Å². The third-order valence-corrected chi connectivity index (χ3v) is 27.5. The Bertz CT molecular complexity index is 8810. The van der Waals surface area contributed by atoms with Crippen LogP contribution in [0.25, 0.3) is 165 Å². The van der Waals surface area contributed by atoms with E-state index in [1.807, 2.05) is 48.5 Å². The monoisotopic (exact) mass is 1690 g/mol. The van der Waals surface area contributed by atoms with E-state index in [4.69, 9.17) is 14.3 Å². The maximum atomic E-state index is 9.80. The second-order valence-electron chi connectivity index (χ2n) is 41.8. The van der Waals surface area contributed by atoms with Crippen LogP contribution in [0.4, 0.5) is 34.1 Å². The maximum absolute atomic E-state index is 9.80. The third-order valence-electron chi connectivity index (χ3n) is 27.5. The maximum Gasteiger partial charge on any atom is 0.252 e. The minimum absolute atomic E-state index is 0.0530. The van der Waals surface area contributed by atoms with Crippen LogP contribution in [0.15, 0.2) is 318 Å². The highest BCUT2D eigenvalue weighted by Crippen LogP contribution is 2.54. The number of hydrogen-bond donors (Lipinski definition) is 0. The van der Waals surface area contributed by atoms with E-state index in [2.05, 4.69) is 295 Å². The number of furan rings is 2. The van der Waals surface area contributed by atoms with Crippen LogP contribution >= 0.6 is 0 Å². The standard InChI is InChI=1S/C120H105BN6O2/c1-115(2,3)72-47-55-98-88(64-72)89-65-73(116(4,5)6)48-56-99(89)122(98)78-51-53-92-106(68-78)126(104-45-29-37-86-84-35-27-43-102(111(84)128-113(86)104)124-94-39-23-19-31-80(94)81-32-20-24-40-95(81)124)108-61-71(70-59-76(119(13,14)15)63-77(60-70)120(16,17)18)62-109-110(108)121(92)93-54-52-79(123-100-57-49-74(117(7,8)9)66-90(100)91-67-75(118(10,11)12)50-58-101(91)123)69-107(93)127(109)105-46-30-38-87-85-36-28-44-103(112(85)129-114(87)105)125-96-41-25-21-33-82(96)83-34-22-26-42-97(83)125/h19-69H,1-18H3/i19D,20D,21D,22D,23D,24D,25D,26D,31D,32D,33D,34D,39D,40D,41D,42D. The molecule has 16 aromatic carbocycles. The Morgan fingerprint density at radius 3 is 0.822 bits per heavy atom. The molecule has 0 radical (unpaired) electrons. The molecule has 6 aromatic heterocycles. The van der Waals surface area contributed by atoms with Gasteiger partial charge in [0.1, 0.15) is 0 Å². The molecule has 9 heteroatoms. The molecular formula is C120H105BN6O2. The molecule has 22 aromatic rings. The summed E-state index contributed by atoms with van der Waals surface area (Å²) in [6.07, 6.45) is 0. The van der Waals surface area contributed by atoms with Crippen molar-refractivity contribution in [2.45, 2.75) is 157 Å². The van der Waals surface area contributed by atoms with Crippen molar-refractivity contribution < 1.29 is 30.8 Å². The summed E-state index contributed by atoms with van der Waals surface area (Å²) in [5, 5.41) is 6.67. The third kappa shape index (κ3) is 11.8. The van der Waals surface area contributed by atoms with E-state index in [0.717, 1.165) is 116 Å². The van der Waals surface area contributed by atoms with E-state index >= 15 is 0 Å². The summed E-state index contributed by atoms with van der Waals surface area (Å²) >= 11 is 0. The second-order valence-corrected chi connectivity index (χ2v) is 41.8. The minimum atomic E-state index is -0.610. The summed E-state index contributed by atoms with van der Waals surface area (Å²) in [4.78, 5) is 4.71. The molecule has 24 rings (SSSR count). The number of aromatic nitrogens is 4. The average molecular weight is 1690 g/mol. The van der Waals surface area contributed by atoms with E-state index in [-0.39, 0.29) is 98.6 Å². The van der Waals surface area contributed by atoms with Gasteiger partial charge >= 0.3 is 0 Å². The molecule has 0 saturated heterocycles. The number of para-hydroxylation sites is 8. The van der Waals surface area contributed by atoms with Gasteiger partial charge in [-0.05, 0) is 227 Å². The molecule has 8 nitrogen and oxygen atoms in total. The first kappa shape index (κ1) is 63.0. The predicted molar refractivity (Wildman–Crippen MR) is 550 cm³/mol. The van der Waals surface area contributed by atoms with Crippen LogP contribution in [0.1, 0.15) is 180 Å². The van der Waals surface area contributed by atoms with Gasteiger partial charge in [-0.3, -0.25) is 0 Å². The van der Waals surface area contributed by atoms with Crippen molar-refractivity contribution in [2.75, 3.05) is 9.80 Å². The fourth-order valence-electron chi connectivity index (χ4n) is 20.7. The van der Waals surface area contributed by atoms with Crippen molar-refractivity contribution >= 4 is 188 Å². The Morgan fingerprint density at radius 1 is 0.225 bits per heavy atom. The number of anilines is 6. The number of hydrogen-bond acceptors (Lipinski definition) is 4. The smallest absolute Gasteiger partial charge is 0.252 e. The van der Waals surface area contributed by atoms with Crippen molar-refractivity contribution in [1.82, 2.24) is 18.3 Å². The fourth-order valence-corrected chi connectivity index (χ4v) is 20.7. The van der Waals surface area contributed by atoms with Gasteiger partial charge in [-0.25, -0.2) is 0 Å². The van der Waals surface area contributed by atoms with E-state index in [1.54, 1.807) is 12.1 Å². The topological polar surface area (TPSA) is 52.5 Å². The number of fused-ring (bicyclic) bond motifs is 22. The lowest BCUT2D eigenvalue weighted by molar-refractivity contribution is 0.569. The van der Waals surface area contributed by atoms with Crippen molar-refractivity contribution in [3.05, 3.63) is 342 Å². The zero-order valence-corrected chi connectivity index (χ0v) is 75.8. The van der Waals surface area contributed by atoms with Crippen molar-refractivity contribution in [3.63, 3.8) is 0 Å². The molecule has 630 valence electrons. The Labute approximate surface area is 776 Å². The van der Waals surface area contributed by atoms with Crippen molar-refractivity contribution in [2.24, 2.45) is 0 Å². The van der Waals surface area contributed by atoms with Crippen LogP contribution < -0.4 is 26.2 Å². The van der Waals surface area contributed by atoms with Crippen molar-refractivity contribution in [3.8, 4) is 33.9 Å². The predicted octanol–water partition coefficient (Wildman–Crippen LogP) is 31.4. The van der Waals surface area contributed by atoms with Gasteiger partial charge in [-0.15, -0.1) is 0 Å². The molecule has 0 unspecified atom stereocenters. The molecule has 0 aliphatic carbocycles. The van der Waals surface area contributed by atoms with Crippen LogP contribution in [0, 0.1) is 0 Å². The van der Waals surface area contributed by atoms with Gasteiger partial charge in [0.2, 0.25) is 0 Å². The summed E-state index contributed by atoms with van der Waals surface area (Å²) < 4.78 is 174. The van der Waals surface area contributed by atoms with Gasteiger partial charge in [-0.2, -0.15) is 0 Å². The molecule has 8 heterocycles. The highest BCUT2D eigenvalue weighted by molar-refractivity contribution is 7.00. The first-order valence-corrected chi connectivity index (χ1v) is 44.7. The first-order valence-electron chi connectivity index (χ1n) is 52.7. The summed E-state index contributed by atoms with van der Waals surface area (Å²) in [5.74, 6) is 0. The molecule has 0 N–H and O–H groups in total. The largest absolute Gasteiger partial charge is 0.452 e. The summed E-state index contributed by atoms with van der Waals surface area (Å²) in [7, 11) is 0. The van der Waals surface area contributed by atoms with Crippen molar-refractivity contribution in [1.29, 1.82) is 0 Å². The van der Waals surface area contributed by atoms with Gasteiger partial charge in [0.05, 0.1) is 88.8 Å². The highest BCUT2D eigenvalue weighted by Gasteiger charge is 2.46. The lowest BCUT2D eigenvalue weighted by Crippen LogP contribution is -2.61. The van der Waals surface area contributed by atoms with Gasteiger partial charge in [0.15, 0.2) is 22.3 Å². The fraction of sp³-hybridized carbons (Fsp3) is 0.200. The average Bonchev–Trinajstić information content (AvgIpc) is 1.42. The van der Waals surface area contributed by atoms with Crippen LogP contribution in [-0.2, 0) is 32.5 Å². The molecule has 0 saturated carbocycles. The summed E-state index contributed by atoms with van der Waals surface area (Å²) in [6, 6.07) is 68.3. The molecule has 2 aliphatic rings. The highest BCUT2D eigenvalue weighted by atomic mass is 16.3. The van der Waals surface area contributed by atoms with Gasteiger partial charge in [0, 0.05) is 98.8 Å². The molecular weight excluding hydrogens is 1570 g/mol. The SMILES string of the molecule is [2H]c1c([2H])c([2H])c2c(c1[2H])c1c([2H])c([2H])c([2H])c([2H])c1n2-c1cccc2c1oc1c(N3c4cc(-n5c6ccc(C(C)(C)C)cc6c6cc(C(C)(C)C)ccc65)ccc4B4c5ccc(-n6c7ccc(C(C)(C)C)cc7c7cc(C(C)(C)C)ccc76)cc5N(c5cccc6c5oc5c(-n7c8c([2H])c([2H])c([2H])c([2H])c8c8c([2H])c([2H])c([2H])c([2H])c87)cccc56)c5cc(-c6cc(C(C)(C)C)cc(C(C)(C)C)c6)cc3c54)cccc12. The number of rotatable bonds is 7. The molecule has 0 amide bonds. The number of benzene rings is 16. The molecule has 2 aliphatic heterocycles. The molecule has 0 fully saturated rings. The lowest BCUT2D eigenvalue weighted by atomic mass is 9.33. The Morgan fingerprint density at radius 2 is 0.512 bits per heavy atom.